The van der Waals surface area contributed by atoms with Gasteiger partial charge in [-0.05, 0) is 106 Å². The summed E-state index contributed by atoms with van der Waals surface area (Å²) in [5.41, 5.74) is 9.39. The SMILES string of the molecule is PCC1([c-]2c(C(P)(C3CCCN3)C3CCCN3)cc(-c3ccccc3)c2-c2ccccc2)C2CC3CC(C2)CC1C3.[Fe].[cH-]1[cH-][cH-][cH-][cH-]1. The molecule has 254 valence electrons. The summed E-state index contributed by atoms with van der Waals surface area (Å²) in [6, 6.07) is 36.5. The third-order valence-electron chi connectivity index (χ3n) is 12.9. The minimum atomic E-state index is -0.0274. The summed E-state index contributed by atoms with van der Waals surface area (Å²) in [6.07, 6.45) is 13.5. The normalized spacial score (nSPS) is 32.0. The van der Waals surface area contributed by atoms with E-state index < -0.39 is 0 Å². The Bertz CT molecular complexity index is 1510. The minimum absolute atomic E-state index is 0. The fourth-order valence-corrected chi connectivity index (χ4v) is 12.8. The first-order valence-electron chi connectivity index (χ1n) is 18.2. The fraction of sp³-hybridized carbons (Fsp3) is 0.476. The first kappa shape index (κ1) is 33.9. The van der Waals surface area contributed by atoms with Crippen LogP contribution in [0.25, 0.3) is 22.3 Å². The van der Waals surface area contributed by atoms with Crippen molar-refractivity contribution in [3.63, 3.8) is 0 Å². The molecule has 2 saturated heterocycles. The molecule has 4 saturated carbocycles. The molecule has 6 aliphatic rings. The summed E-state index contributed by atoms with van der Waals surface area (Å²) in [5, 5.41) is 8.05. The second kappa shape index (κ2) is 14.4. The smallest absolute Gasteiger partial charge is 0.0231 e. The van der Waals surface area contributed by atoms with Gasteiger partial charge in [0, 0.05) is 34.3 Å². The molecule has 2 heterocycles. The van der Waals surface area contributed by atoms with Crippen LogP contribution in [-0.2, 0) is 27.6 Å². The van der Waals surface area contributed by atoms with Crippen molar-refractivity contribution >= 4 is 18.5 Å². The average Bonchev–Trinajstić information content (AvgIpc) is 3.94. The molecule has 47 heavy (non-hydrogen) atoms. The van der Waals surface area contributed by atoms with Gasteiger partial charge in [0.15, 0.2) is 0 Å². The number of hydrogen-bond donors (Lipinski definition) is 2. The van der Waals surface area contributed by atoms with Gasteiger partial charge < -0.3 is 41.0 Å². The van der Waals surface area contributed by atoms with E-state index in [2.05, 4.69) is 95.8 Å². The van der Waals surface area contributed by atoms with Gasteiger partial charge in [-0.3, -0.25) is 0 Å². The quantitative estimate of drug-likeness (QED) is 0.114. The summed E-state index contributed by atoms with van der Waals surface area (Å²) < 4.78 is 0. The molecule has 5 heteroatoms. The van der Waals surface area contributed by atoms with Gasteiger partial charge in [0.2, 0.25) is 0 Å². The zero-order valence-electron chi connectivity index (χ0n) is 27.7. The number of benzene rings is 2. The van der Waals surface area contributed by atoms with E-state index in [0.717, 1.165) is 36.8 Å². The minimum Gasteiger partial charge on any atom is -0.748 e. The molecule has 0 spiro atoms. The van der Waals surface area contributed by atoms with Crippen LogP contribution in [0.1, 0.15) is 68.9 Å². The van der Waals surface area contributed by atoms with E-state index in [-0.39, 0.29) is 27.6 Å². The van der Waals surface area contributed by atoms with Gasteiger partial charge in [0.1, 0.15) is 0 Å². The third-order valence-corrected chi connectivity index (χ3v) is 14.7. The van der Waals surface area contributed by atoms with Crippen molar-refractivity contribution in [1.29, 1.82) is 0 Å². The third kappa shape index (κ3) is 5.90. The van der Waals surface area contributed by atoms with Gasteiger partial charge in [-0.1, -0.05) is 71.8 Å². The molecule has 4 aromatic rings. The summed E-state index contributed by atoms with van der Waals surface area (Å²) in [6.45, 7) is 2.29. The maximum atomic E-state index is 4.04. The molecule has 2 N–H and O–H groups in total. The van der Waals surface area contributed by atoms with Gasteiger partial charge in [-0.25, -0.2) is 0 Å². The Labute approximate surface area is 298 Å². The molecular formula is C42H52FeN2P2-6. The first-order valence-corrected chi connectivity index (χ1v) is 19.6. The van der Waals surface area contributed by atoms with Crippen molar-refractivity contribution in [2.75, 3.05) is 19.3 Å². The van der Waals surface area contributed by atoms with Crippen LogP contribution in [0.2, 0.25) is 0 Å². The molecule has 0 aromatic heterocycles. The summed E-state index contributed by atoms with van der Waals surface area (Å²) in [7, 11) is 6.89. The van der Waals surface area contributed by atoms with Crippen molar-refractivity contribution in [2.45, 2.75) is 80.4 Å². The predicted octanol–water partition coefficient (Wildman–Crippen LogP) is 9.29. The summed E-state index contributed by atoms with van der Waals surface area (Å²) in [5.74, 6) is 3.52. The van der Waals surface area contributed by atoms with Crippen molar-refractivity contribution < 1.29 is 17.1 Å². The zero-order valence-corrected chi connectivity index (χ0v) is 31.1. The Morgan fingerprint density at radius 1 is 0.723 bits per heavy atom. The van der Waals surface area contributed by atoms with Crippen LogP contribution in [0.5, 0.6) is 0 Å². The van der Waals surface area contributed by atoms with E-state index in [1.165, 1.54) is 80.6 Å². The van der Waals surface area contributed by atoms with Crippen molar-refractivity contribution in [3.8, 4) is 22.3 Å². The molecule has 0 amide bonds. The van der Waals surface area contributed by atoms with Crippen molar-refractivity contribution in [1.82, 2.24) is 10.6 Å². The second-order valence-corrected chi connectivity index (χ2v) is 16.6. The number of rotatable bonds is 7. The molecule has 2 nitrogen and oxygen atoms in total. The van der Waals surface area contributed by atoms with Crippen LogP contribution in [0.15, 0.2) is 97.1 Å². The topological polar surface area (TPSA) is 24.1 Å². The van der Waals surface area contributed by atoms with Gasteiger partial charge in [0.05, 0.1) is 0 Å². The average molecular weight is 703 g/mol. The summed E-state index contributed by atoms with van der Waals surface area (Å²) in [4.78, 5) is 0. The Morgan fingerprint density at radius 2 is 1.21 bits per heavy atom. The largest absolute Gasteiger partial charge is 0.748 e. The molecule has 2 aliphatic heterocycles. The van der Waals surface area contributed by atoms with E-state index in [4.69, 9.17) is 0 Å². The Morgan fingerprint density at radius 3 is 1.66 bits per heavy atom. The predicted molar refractivity (Wildman–Crippen MR) is 202 cm³/mol. The van der Waals surface area contributed by atoms with Crippen LogP contribution in [0.3, 0.4) is 0 Å². The Balaban J connectivity index is 0.000000538. The standard InChI is InChI=1S/C37H47N2P2.C5H5.Fe/c40-23-36(28-18-24-17-25(20-28)21-29(36)19-24)35-31(37(41,32-13-7-15-38-32)33-14-8-16-39-33)22-30(26-9-3-1-4-10-26)34(35)27-11-5-2-6-12-27;1-2-4-5-3-1;/h1-6,9-12,22,24-25,28-29,32-33,38-39H,7-8,13-21,23,40-41H2;1-5H;/q-1;-5;. The van der Waals surface area contributed by atoms with E-state index in [1.54, 1.807) is 16.7 Å². The van der Waals surface area contributed by atoms with Crippen LogP contribution < -0.4 is 10.6 Å². The molecule has 10 rings (SSSR count). The van der Waals surface area contributed by atoms with E-state index in [1.807, 2.05) is 30.3 Å². The van der Waals surface area contributed by atoms with Crippen LogP contribution in [0, 0.1) is 23.7 Å². The Kier molecular flexibility index (Phi) is 10.4. The molecule has 4 aliphatic carbocycles. The maximum Gasteiger partial charge on any atom is 0.0231 e. The second-order valence-electron chi connectivity index (χ2n) is 15.2. The van der Waals surface area contributed by atoms with Gasteiger partial charge >= 0.3 is 0 Å². The fourth-order valence-electron chi connectivity index (χ4n) is 11.1. The van der Waals surface area contributed by atoms with Crippen LogP contribution in [-0.4, -0.2) is 31.3 Å². The Hall–Kier alpha value is -1.56. The van der Waals surface area contributed by atoms with Crippen molar-refractivity contribution in [2.24, 2.45) is 23.7 Å². The number of nitrogens with one attached hydrogen (secondary N) is 2. The van der Waals surface area contributed by atoms with E-state index >= 15 is 0 Å². The molecule has 0 radical (unpaired) electrons. The molecule has 4 atom stereocenters. The first-order chi connectivity index (χ1) is 22.6. The maximum absolute atomic E-state index is 4.04. The van der Waals surface area contributed by atoms with Crippen LogP contribution >= 0.6 is 18.5 Å². The van der Waals surface area contributed by atoms with Gasteiger partial charge in [0.25, 0.3) is 0 Å². The molecule has 4 aromatic carbocycles. The van der Waals surface area contributed by atoms with Crippen LogP contribution in [0.4, 0.5) is 0 Å². The molecular weight excluding hydrogens is 650 g/mol. The zero-order chi connectivity index (χ0) is 31.1. The molecule has 6 fully saturated rings. The van der Waals surface area contributed by atoms with E-state index in [9.17, 15) is 0 Å². The molecule has 4 bridgehead atoms. The monoisotopic (exact) mass is 702 g/mol. The molecule has 4 unspecified atom stereocenters. The van der Waals surface area contributed by atoms with Crippen molar-refractivity contribution in [3.05, 3.63) is 108 Å². The van der Waals surface area contributed by atoms with Gasteiger partial charge in [-0.2, -0.15) is 6.07 Å². The van der Waals surface area contributed by atoms with E-state index in [0.29, 0.717) is 12.1 Å². The van der Waals surface area contributed by atoms with Gasteiger partial charge in [-0.15, -0.1) is 40.7 Å². The summed E-state index contributed by atoms with van der Waals surface area (Å²) >= 11 is 0. The number of hydrogen-bond acceptors (Lipinski definition) is 2.